The first-order chi connectivity index (χ1) is 7.20. The van der Waals surface area contributed by atoms with Gasteiger partial charge in [-0.1, -0.05) is 0 Å². The van der Waals surface area contributed by atoms with Gasteiger partial charge in [0.25, 0.3) is 0 Å². The van der Waals surface area contributed by atoms with E-state index in [9.17, 15) is 0 Å². The highest BCUT2D eigenvalue weighted by molar-refractivity contribution is 7.10. The standard InChI is InChI=1S/C12H17NOS/c1-11(7-13-2)10-9(3-6-15-10)12(4-5-12)8-14-11/h3,6,13H,4-5,7-8H2,1-2H3/t11-/m0/s1. The lowest BCUT2D eigenvalue weighted by atomic mass is 9.87. The van der Waals surface area contributed by atoms with Crippen LogP contribution in [0.1, 0.15) is 30.2 Å². The number of rotatable bonds is 2. The topological polar surface area (TPSA) is 21.3 Å². The third-order valence-corrected chi connectivity index (χ3v) is 4.91. The predicted octanol–water partition coefficient (Wildman–Crippen LogP) is 2.24. The minimum atomic E-state index is -0.105. The lowest BCUT2D eigenvalue weighted by molar-refractivity contribution is -0.0556. The second-order valence-corrected chi connectivity index (χ2v) is 5.91. The number of ether oxygens (including phenoxy) is 1. The average Bonchev–Trinajstić information content (AvgIpc) is 2.80. The molecule has 3 heteroatoms. The lowest BCUT2D eigenvalue weighted by Gasteiger charge is -2.37. The third-order valence-electron chi connectivity index (χ3n) is 3.75. The molecule has 1 spiro atoms. The van der Waals surface area contributed by atoms with Crippen molar-refractivity contribution in [2.24, 2.45) is 0 Å². The molecule has 1 aliphatic carbocycles. The Balaban J connectivity index is 2.04. The second kappa shape index (κ2) is 3.06. The molecule has 2 heterocycles. The highest BCUT2D eigenvalue weighted by Crippen LogP contribution is 2.56. The molecule has 0 radical (unpaired) electrons. The molecular formula is C12H17NOS. The smallest absolute Gasteiger partial charge is 0.112 e. The van der Waals surface area contributed by atoms with Crippen LogP contribution in [0, 0.1) is 0 Å². The van der Waals surface area contributed by atoms with E-state index in [1.807, 2.05) is 18.4 Å². The van der Waals surface area contributed by atoms with Crippen LogP contribution in [0.25, 0.3) is 0 Å². The van der Waals surface area contributed by atoms with Crippen molar-refractivity contribution in [1.82, 2.24) is 5.32 Å². The zero-order valence-corrected chi connectivity index (χ0v) is 10.1. The molecule has 0 aromatic carbocycles. The third kappa shape index (κ3) is 1.30. The van der Waals surface area contributed by atoms with Gasteiger partial charge in [0.2, 0.25) is 0 Å². The second-order valence-electron chi connectivity index (χ2n) is 4.99. The predicted molar refractivity (Wildman–Crippen MR) is 62.5 cm³/mol. The fraction of sp³-hybridized carbons (Fsp3) is 0.667. The zero-order valence-electron chi connectivity index (χ0n) is 9.30. The van der Waals surface area contributed by atoms with Crippen molar-refractivity contribution < 1.29 is 4.74 Å². The summed E-state index contributed by atoms with van der Waals surface area (Å²) in [5.41, 5.74) is 1.87. The molecule has 15 heavy (non-hydrogen) atoms. The van der Waals surface area contributed by atoms with E-state index in [2.05, 4.69) is 23.7 Å². The molecule has 1 N–H and O–H groups in total. The van der Waals surface area contributed by atoms with Crippen molar-refractivity contribution in [2.75, 3.05) is 20.2 Å². The van der Waals surface area contributed by atoms with Crippen LogP contribution in [-0.2, 0) is 15.8 Å². The van der Waals surface area contributed by atoms with E-state index in [1.165, 1.54) is 17.7 Å². The van der Waals surface area contributed by atoms with Crippen LogP contribution in [0.2, 0.25) is 0 Å². The first kappa shape index (κ1) is 9.82. The Morgan fingerprint density at radius 2 is 2.33 bits per heavy atom. The Labute approximate surface area is 94.6 Å². The summed E-state index contributed by atoms with van der Waals surface area (Å²) in [7, 11) is 1.99. The summed E-state index contributed by atoms with van der Waals surface area (Å²) in [6, 6.07) is 2.31. The quantitative estimate of drug-likeness (QED) is 0.830. The Bertz CT molecular complexity index is 383. The van der Waals surface area contributed by atoms with E-state index < -0.39 is 0 Å². The molecule has 1 fully saturated rings. The van der Waals surface area contributed by atoms with Gasteiger partial charge in [-0.15, -0.1) is 11.3 Å². The summed E-state index contributed by atoms with van der Waals surface area (Å²) in [5, 5.41) is 5.45. The van der Waals surface area contributed by atoms with Crippen LogP contribution >= 0.6 is 11.3 Å². The van der Waals surface area contributed by atoms with Gasteiger partial charge in [0.15, 0.2) is 0 Å². The molecule has 82 valence electrons. The Morgan fingerprint density at radius 3 is 3.00 bits per heavy atom. The van der Waals surface area contributed by atoms with E-state index in [0.29, 0.717) is 5.41 Å². The molecule has 2 aliphatic rings. The van der Waals surface area contributed by atoms with E-state index in [4.69, 9.17) is 4.74 Å². The molecule has 2 nitrogen and oxygen atoms in total. The molecule has 0 amide bonds. The lowest BCUT2D eigenvalue weighted by Crippen LogP contribution is -2.42. The Morgan fingerprint density at radius 1 is 1.53 bits per heavy atom. The molecule has 1 saturated carbocycles. The summed E-state index contributed by atoms with van der Waals surface area (Å²) in [4.78, 5) is 1.45. The largest absolute Gasteiger partial charge is 0.367 e. The van der Waals surface area contributed by atoms with E-state index in [1.54, 1.807) is 5.56 Å². The SMILES string of the molecule is CNC[C@]1(C)OCC2(CC2)c2ccsc21. The number of thiophene rings is 1. The van der Waals surface area contributed by atoms with Crippen LogP contribution in [-0.4, -0.2) is 20.2 Å². The maximum Gasteiger partial charge on any atom is 0.112 e. The van der Waals surface area contributed by atoms with Crippen LogP contribution in [0.3, 0.4) is 0 Å². The molecule has 0 unspecified atom stereocenters. The number of hydrogen-bond donors (Lipinski definition) is 1. The van der Waals surface area contributed by atoms with Crippen molar-refractivity contribution in [3.05, 3.63) is 21.9 Å². The number of fused-ring (bicyclic) bond motifs is 2. The molecule has 0 saturated heterocycles. The van der Waals surface area contributed by atoms with Crippen molar-refractivity contribution in [3.63, 3.8) is 0 Å². The van der Waals surface area contributed by atoms with Gasteiger partial charge < -0.3 is 10.1 Å². The average molecular weight is 223 g/mol. The van der Waals surface area contributed by atoms with Gasteiger partial charge in [-0.25, -0.2) is 0 Å². The van der Waals surface area contributed by atoms with Gasteiger partial charge in [0.05, 0.1) is 6.61 Å². The highest BCUT2D eigenvalue weighted by atomic mass is 32.1. The molecule has 1 aliphatic heterocycles. The maximum absolute atomic E-state index is 6.12. The van der Waals surface area contributed by atoms with Gasteiger partial charge in [0.1, 0.15) is 5.60 Å². The monoisotopic (exact) mass is 223 g/mol. The van der Waals surface area contributed by atoms with Crippen LogP contribution in [0.5, 0.6) is 0 Å². The fourth-order valence-corrected chi connectivity index (χ4v) is 3.74. The Hall–Kier alpha value is -0.380. The Kier molecular flexibility index (Phi) is 2.00. The van der Waals surface area contributed by atoms with Crippen molar-refractivity contribution in [1.29, 1.82) is 0 Å². The summed E-state index contributed by atoms with van der Waals surface area (Å²) in [5.74, 6) is 0. The van der Waals surface area contributed by atoms with E-state index in [0.717, 1.165) is 13.2 Å². The molecule has 3 rings (SSSR count). The van der Waals surface area contributed by atoms with Crippen LogP contribution in [0.4, 0.5) is 0 Å². The molecule has 1 aromatic rings. The minimum Gasteiger partial charge on any atom is -0.367 e. The fourth-order valence-electron chi connectivity index (χ4n) is 2.61. The first-order valence-corrected chi connectivity index (χ1v) is 6.45. The van der Waals surface area contributed by atoms with E-state index in [-0.39, 0.29) is 5.60 Å². The van der Waals surface area contributed by atoms with Crippen LogP contribution < -0.4 is 5.32 Å². The molecule has 1 atom stereocenters. The van der Waals surface area contributed by atoms with Crippen molar-refractivity contribution >= 4 is 11.3 Å². The van der Waals surface area contributed by atoms with E-state index >= 15 is 0 Å². The minimum absolute atomic E-state index is 0.105. The first-order valence-electron chi connectivity index (χ1n) is 5.57. The van der Waals surface area contributed by atoms with Crippen LogP contribution in [0.15, 0.2) is 11.4 Å². The summed E-state index contributed by atoms with van der Waals surface area (Å²) >= 11 is 1.85. The molecular weight excluding hydrogens is 206 g/mol. The summed E-state index contributed by atoms with van der Waals surface area (Å²) in [6.45, 7) is 4.01. The number of hydrogen-bond acceptors (Lipinski definition) is 3. The normalized spacial score (nSPS) is 31.6. The maximum atomic E-state index is 6.12. The highest BCUT2D eigenvalue weighted by Gasteiger charge is 2.53. The van der Waals surface area contributed by atoms with Gasteiger partial charge in [-0.3, -0.25) is 0 Å². The molecule has 1 aromatic heterocycles. The van der Waals surface area contributed by atoms with Crippen molar-refractivity contribution in [2.45, 2.75) is 30.8 Å². The summed E-state index contributed by atoms with van der Waals surface area (Å²) in [6.07, 6.45) is 2.62. The molecule has 0 bridgehead atoms. The van der Waals surface area contributed by atoms with Crippen molar-refractivity contribution in [3.8, 4) is 0 Å². The number of likely N-dealkylation sites (N-methyl/N-ethyl adjacent to an activating group) is 1. The number of nitrogens with one attached hydrogen (secondary N) is 1. The van der Waals surface area contributed by atoms with Gasteiger partial charge in [-0.2, -0.15) is 0 Å². The zero-order chi connectivity index (χ0) is 10.5. The van der Waals surface area contributed by atoms with Gasteiger partial charge >= 0.3 is 0 Å². The van der Waals surface area contributed by atoms with Gasteiger partial charge in [-0.05, 0) is 43.8 Å². The van der Waals surface area contributed by atoms with Gasteiger partial charge in [0, 0.05) is 16.8 Å². The summed E-state index contributed by atoms with van der Waals surface area (Å²) < 4.78 is 6.12.